The molecule has 30 heavy (non-hydrogen) atoms. The van der Waals surface area contributed by atoms with E-state index in [0.717, 1.165) is 17.3 Å². The maximum Gasteiger partial charge on any atom is 0.490 e. The molecule has 7 nitrogen and oxygen atoms in total. The van der Waals surface area contributed by atoms with Gasteiger partial charge in [0.1, 0.15) is 5.82 Å². The second-order valence-electron chi connectivity index (χ2n) is 8.03. The van der Waals surface area contributed by atoms with E-state index in [4.69, 9.17) is 14.9 Å². The fourth-order valence-electron chi connectivity index (χ4n) is 4.27. The molecule has 0 atom stereocenters. The van der Waals surface area contributed by atoms with Gasteiger partial charge in [0.2, 0.25) is 0 Å². The lowest BCUT2D eigenvalue weighted by Gasteiger charge is -2.41. The molecule has 0 radical (unpaired) electrons. The topological polar surface area (TPSA) is 74.0 Å². The molecule has 0 aromatic carbocycles. The Morgan fingerprint density at radius 1 is 1.10 bits per heavy atom. The first kappa shape index (κ1) is 22.5. The fraction of sp³-hybridized carbons (Fsp3) is 0.650. The van der Waals surface area contributed by atoms with Gasteiger partial charge in [-0.1, -0.05) is 0 Å². The first-order valence-electron chi connectivity index (χ1n) is 10.2. The van der Waals surface area contributed by atoms with Crippen LogP contribution in [0.1, 0.15) is 43.1 Å². The highest BCUT2D eigenvalue weighted by Gasteiger charge is 2.38. The van der Waals surface area contributed by atoms with Crippen molar-refractivity contribution in [1.82, 2.24) is 24.2 Å². The summed E-state index contributed by atoms with van der Waals surface area (Å²) in [7, 11) is 2.23. The summed E-state index contributed by atoms with van der Waals surface area (Å²) in [5.41, 5.74) is 2.22. The average Bonchev–Trinajstić information content (AvgIpc) is 3.14. The van der Waals surface area contributed by atoms with Crippen LogP contribution in [0.5, 0.6) is 0 Å². The number of piperazine rings is 1. The molecule has 3 heterocycles. The summed E-state index contributed by atoms with van der Waals surface area (Å²) >= 11 is 0. The predicted octanol–water partition coefficient (Wildman–Crippen LogP) is 2.94. The number of hydrogen-bond acceptors (Lipinski definition) is 5. The molecule has 1 aliphatic heterocycles. The highest BCUT2D eigenvalue weighted by Crippen LogP contribution is 2.34. The van der Waals surface area contributed by atoms with E-state index in [0.29, 0.717) is 5.92 Å². The first-order valence-corrected chi connectivity index (χ1v) is 10.2. The molecule has 4 rings (SSSR count). The van der Waals surface area contributed by atoms with Crippen LogP contribution in [0.15, 0.2) is 18.6 Å². The van der Waals surface area contributed by atoms with E-state index in [9.17, 15) is 13.2 Å². The van der Waals surface area contributed by atoms with Gasteiger partial charge in [0, 0.05) is 50.5 Å². The Kier molecular flexibility index (Phi) is 6.97. The predicted molar refractivity (Wildman–Crippen MR) is 105 cm³/mol. The van der Waals surface area contributed by atoms with Crippen molar-refractivity contribution in [2.24, 2.45) is 0 Å². The third-order valence-electron chi connectivity index (χ3n) is 6.04. The van der Waals surface area contributed by atoms with Crippen molar-refractivity contribution in [3.63, 3.8) is 0 Å². The largest absolute Gasteiger partial charge is 0.490 e. The Labute approximate surface area is 173 Å². The van der Waals surface area contributed by atoms with E-state index in [1.807, 2.05) is 12.4 Å². The van der Waals surface area contributed by atoms with Crippen LogP contribution in [-0.4, -0.2) is 80.7 Å². The second kappa shape index (κ2) is 9.30. The summed E-state index contributed by atoms with van der Waals surface area (Å²) < 4.78 is 34.0. The van der Waals surface area contributed by atoms with Crippen LogP contribution in [0.2, 0.25) is 0 Å². The van der Waals surface area contributed by atoms with Gasteiger partial charge >= 0.3 is 12.1 Å². The summed E-state index contributed by atoms with van der Waals surface area (Å²) in [6.07, 6.45) is 6.01. The molecule has 2 aromatic heterocycles. The lowest BCUT2D eigenvalue weighted by atomic mass is 9.84. The summed E-state index contributed by atoms with van der Waals surface area (Å²) in [5.74, 6) is -0.919. The van der Waals surface area contributed by atoms with Gasteiger partial charge in [0.15, 0.2) is 0 Å². The number of carbonyl (C=O) groups is 1. The molecule has 0 amide bonds. The van der Waals surface area contributed by atoms with Crippen LogP contribution in [0, 0.1) is 6.92 Å². The third-order valence-corrected chi connectivity index (χ3v) is 6.04. The van der Waals surface area contributed by atoms with E-state index < -0.39 is 12.1 Å². The van der Waals surface area contributed by atoms with Crippen LogP contribution in [-0.2, 0) is 4.79 Å². The average molecular weight is 427 g/mol. The highest BCUT2D eigenvalue weighted by atomic mass is 19.4. The summed E-state index contributed by atoms with van der Waals surface area (Å²) in [6.45, 7) is 6.98. The monoisotopic (exact) mass is 427 g/mol. The van der Waals surface area contributed by atoms with E-state index >= 15 is 0 Å². The minimum atomic E-state index is -5.08. The second-order valence-corrected chi connectivity index (χ2v) is 8.03. The molecule has 2 fully saturated rings. The number of fused-ring (bicyclic) bond motifs is 1. The molecule has 0 bridgehead atoms. The minimum absolute atomic E-state index is 0.600. The van der Waals surface area contributed by atoms with Crippen molar-refractivity contribution < 1.29 is 23.1 Å². The minimum Gasteiger partial charge on any atom is -0.475 e. The fourth-order valence-corrected chi connectivity index (χ4v) is 4.27. The zero-order valence-corrected chi connectivity index (χ0v) is 17.3. The Morgan fingerprint density at radius 3 is 2.27 bits per heavy atom. The number of hydrogen-bond donors (Lipinski definition) is 1. The smallest absolute Gasteiger partial charge is 0.475 e. The van der Waals surface area contributed by atoms with Gasteiger partial charge in [-0.2, -0.15) is 13.2 Å². The van der Waals surface area contributed by atoms with E-state index in [1.54, 1.807) is 0 Å². The van der Waals surface area contributed by atoms with Gasteiger partial charge in [-0.25, -0.2) is 9.78 Å². The van der Waals surface area contributed by atoms with Crippen LogP contribution < -0.4 is 0 Å². The number of carboxylic acids is 1. The number of imidazole rings is 1. The zero-order valence-electron chi connectivity index (χ0n) is 17.3. The van der Waals surface area contributed by atoms with Gasteiger partial charge in [-0.05, 0) is 39.7 Å². The SMILES string of the molecule is Cc1nccn2c(C3CCC(N4CCN(C)CC4)CC3)ncc12.O=C(O)C(F)(F)F. The molecular formula is C20H28F3N5O2. The Bertz CT molecular complexity index is 854. The number of nitrogens with zero attached hydrogens (tertiary/aromatic N) is 5. The standard InChI is InChI=1S/C18H27N5.C2HF3O2/c1-14-17-13-20-18(23(17)8-7-19-14)15-3-5-16(6-4-15)22-11-9-21(2)10-12-22;3-2(4,5)1(6)7/h7-8,13,15-16H,3-6,9-12H2,1-2H3;(H,6,7). The maximum absolute atomic E-state index is 10.6. The molecule has 2 aromatic rings. The number of aryl methyl sites for hydroxylation is 1. The molecular weight excluding hydrogens is 399 g/mol. The molecule has 1 saturated carbocycles. The van der Waals surface area contributed by atoms with Crippen molar-refractivity contribution in [3.8, 4) is 0 Å². The molecule has 0 unspecified atom stereocenters. The Hall–Kier alpha value is -2.20. The number of carboxylic acid groups (broad SMARTS) is 1. The summed E-state index contributed by atoms with van der Waals surface area (Å²) in [6, 6.07) is 0.787. The van der Waals surface area contributed by atoms with Crippen LogP contribution >= 0.6 is 0 Å². The molecule has 1 aliphatic carbocycles. The summed E-state index contributed by atoms with van der Waals surface area (Å²) in [5, 5.41) is 7.12. The van der Waals surface area contributed by atoms with Crippen molar-refractivity contribution in [2.75, 3.05) is 33.2 Å². The van der Waals surface area contributed by atoms with Crippen LogP contribution in [0.4, 0.5) is 13.2 Å². The molecule has 1 saturated heterocycles. The molecule has 0 spiro atoms. The Balaban J connectivity index is 0.000000318. The lowest BCUT2D eigenvalue weighted by molar-refractivity contribution is -0.192. The van der Waals surface area contributed by atoms with Gasteiger partial charge in [-0.3, -0.25) is 9.88 Å². The van der Waals surface area contributed by atoms with Gasteiger partial charge in [0.25, 0.3) is 0 Å². The van der Waals surface area contributed by atoms with E-state index in [2.05, 4.69) is 39.4 Å². The van der Waals surface area contributed by atoms with Crippen LogP contribution in [0.25, 0.3) is 5.52 Å². The quantitative estimate of drug-likeness (QED) is 0.795. The normalized spacial score (nSPS) is 23.8. The lowest BCUT2D eigenvalue weighted by Crippen LogP contribution is -2.49. The number of rotatable bonds is 2. The maximum atomic E-state index is 10.6. The van der Waals surface area contributed by atoms with Crippen molar-refractivity contribution in [2.45, 2.75) is 50.7 Å². The Morgan fingerprint density at radius 2 is 1.70 bits per heavy atom. The van der Waals surface area contributed by atoms with Crippen molar-refractivity contribution >= 4 is 11.5 Å². The van der Waals surface area contributed by atoms with Gasteiger partial charge in [-0.15, -0.1) is 0 Å². The van der Waals surface area contributed by atoms with Crippen molar-refractivity contribution in [3.05, 3.63) is 30.1 Å². The van der Waals surface area contributed by atoms with Gasteiger partial charge in [0.05, 0.1) is 17.4 Å². The third kappa shape index (κ3) is 5.28. The number of aliphatic carboxylic acids is 1. The highest BCUT2D eigenvalue weighted by molar-refractivity contribution is 5.73. The van der Waals surface area contributed by atoms with Crippen LogP contribution in [0.3, 0.4) is 0 Å². The molecule has 2 aliphatic rings. The summed E-state index contributed by atoms with van der Waals surface area (Å²) in [4.78, 5) is 23.2. The number of alkyl halides is 3. The van der Waals surface area contributed by atoms with E-state index in [-0.39, 0.29) is 0 Å². The number of aromatic nitrogens is 3. The first-order chi connectivity index (χ1) is 14.2. The number of likely N-dealkylation sites (N-methyl/N-ethyl adjacent to an activating group) is 1. The van der Waals surface area contributed by atoms with Crippen molar-refractivity contribution in [1.29, 1.82) is 0 Å². The molecule has 166 valence electrons. The van der Waals surface area contributed by atoms with E-state index in [1.165, 1.54) is 57.7 Å². The molecule has 10 heteroatoms. The molecule has 1 N–H and O–H groups in total. The van der Waals surface area contributed by atoms with Gasteiger partial charge < -0.3 is 14.4 Å². The zero-order chi connectivity index (χ0) is 21.9. The number of halogens is 3.